The Balaban J connectivity index is 2.19. The summed E-state index contributed by atoms with van der Waals surface area (Å²) in [6.07, 6.45) is 1.01. The summed E-state index contributed by atoms with van der Waals surface area (Å²) in [7, 11) is 0. The van der Waals surface area contributed by atoms with E-state index in [1.54, 1.807) is 0 Å². The van der Waals surface area contributed by atoms with E-state index in [9.17, 15) is 0 Å². The molecule has 0 unspecified atom stereocenters. The molecule has 2 aromatic carbocycles. The Morgan fingerprint density at radius 3 is 2.39 bits per heavy atom. The topological polar surface area (TPSA) is 26.0 Å². The molecule has 0 aliphatic carbocycles. The number of rotatable bonds is 2. The Bertz CT molecular complexity index is 571. The predicted molar refractivity (Wildman–Crippen MR) is 75.0 cm³/mol. The van der Waals surface area contributed by atoms with Crippen molar-refractivity contribution in [2.45, 2.75) is 19.9 Å². The minimum Gasteiger partial charge on any atom is -0.326 e. The third-order valence-corrected chi connectivity index (χ3v) is 2.80. The summed E-state index contributed by atoms with van der Waals surface area (Å²) in [5.74, 6) is 6.31. The molecule has 1 heteroatoms. The lowest BCUT2D eigenvalue weighted by atomic mass is 10.1. The molecule has 0 fully saturated rings. The zero-order valence-corrected chi connectivity index (χ0v) is 10.5. The fourth-order valence-electron chi connectivity index (χ4n) is 1.67. The summed E-state index contributed by atoms with van der Waals surface area (Å²) in [5.41, 5.74) is 9.97. The highest BCUT2D eigenvalue weighted by molar-refractivity contribution is 5.44. The molecule has 0 saturated carbocycles. The number of hydrogen-bond acceptors (Lipinski definition) is 1. The van der Waals surface area contributed by atoms with Gasteiger partial charge >= 0.3 is 0 Å². The van der Waals surface area contributed by atoms with Gasteiger partial charge < -0.3 is 5.73 Å². The van der Waals surface area contributed by atoms with Crippen LogP contribution in [0.1, 0.15) is 29.2 Å². The molecular weight excluding hydrogens is 218 g/mol. The minimum absolute atomic E-state index is 0.571. The molecule has 2 rings (SSSR count). The van der Waals surface area contributed by atoms with Gasteiger partial charge in [0.05, 0.1) is 0 Å². The van der Waals surface area contributed by atoms with E-state index in [1.165, 1.54) is 5.56 Å². The maximum Gasteiger partial charge on any atom is 0.0257 e. The highest BCUT2D eigenvalue weighted by Crippen LogP contribution is 2.05. The minimum atomic E-state index is 0.571. The van der Waals surface area contributed by atoms with Crippen molar-refractivity contribution in [2.75, 3.05) is 0 Å². The second kappa shape index (κ2) is 6.05. The lowest BCUT2D eigenvalue weighted by Crippen LogP contribution is -1.95. The SMILES string of the molecule is CCc1c[c]cc(C#Cc2ccc(CN)cc2)c1. The van der Waals surface area contributed by atoms with E-state index in [0.29, 0.717) is 6.54 Å². The van der Waals surface area contributed by atoms with Gasteiger partial charge in [-0.05, 0) is 47.9 Å². The van der Waals surface area contributed by atoms with Crippen LogP contribution in [0, 0.1) is 17.9 Å². The van der Waals surface area contributed by atoms with E-state index < -0.39 is 0 Å². The van der Waals surface area contributed by atoms with Crippen LogP contribution in [0.3, 0.4) is 0 Å². The van der Waals surface area contributed by atoms with Crippen molar-refractivity contribution < 1.29 is 0 Å². The van der Waals surface area contributed by atoms with E-state index in [0.717, 1.165) is 23.1 Å². The quantitative estimate of drug-likeness (QED) is 0.794. The molecule has 0 aromatic heterocycles. The second-order valence-corrected chi connectivity index (χ2v) is 4.13. The van der Waals surface area contributed by atoms with E-state index in [1.807, 2.05) is 36.4 Å². The molecule has 0 saturated heterocycles. The van der Waals surface area contributed by atoms with E-state index in [-0.39, 0.29) is 0 Å². The van der Waals surface area contributed by atoms with Crippen LogP contribution in [0.15, 0.2) is 42.5 Å². The molecule has 0 heterocycles. The maximum atomic E-state index is 5.56. The standard InChI is InChI=1S/C17H16N/c1-2-14-4-3-5-16(12-14)9-6-15-7-10-17(13-18)11-8-15/h4-5,7-8,10-12H,2,13,18H2,1H3. The van der Waals surface area contributed by atoms with Crippen LogP contribution in [0.25, 0.3) is 0 Å². The van der Waals surface area contributed by atoms with Gasteiger partial charge in [-0.3, -0.25) is 0 Å². The molecule has 2 aromatic rings. The summed E-state index contributed by atoms with van der Waals surface area (Å²) in [6, 6.07) is 17.2. The molecule has 18 heavy (non-hydrogen) atoms. The van der Waals surface area contributed by atoms with Gasteiger partial charge in [0.25, 0.3) is 0 Å². The molecule has 0 amide bonds. The third kappa shape index (κ3) is 3.23. The summed E-state index contributed by atoms with van der Waals surface area (Å²) in [5, 5.41) is 0. The van der Waals surface area contributed by atoms with Crippen molar-refractivity contribution in [3.05, 3.63) is 70.8 Å². The Morgan fingerprint density at radius 1 is 1.00 bits per heavy atom. The van der Waals surface area contributed by atoms with Crippen molar-refractivity contribution in [1.82, 2.24) is 0 Å². The number of hydrogen-bond donors (Lipinski definition) is 1. The number of aryl methyl sites for hydroxylation is 1. The molecule has 0 bridgehead atoms. The first kappa shape index (κ1) is 12.4. The average Bonchev–Trinajstić information content (AvgIpc) is 2.46. The highest BCUT2D eigenvalue weighted by Gasteiger charge is 1.92. The van der Waals surface area contributed by atoms with Gasteiger partial charge in [-0.1, -0.05) is 37.0 Å². The van der Waals surface area contributed by atoms with E-state index in [2.05, 4.69) is 30.9 Å². The summed E-state index contributed by atoms with van der Waals surface area (Å²) < 4.78 is 0. The van der Waals surface area contributed by atoms with Crippen LogP contribution in [0.4, 0.5) is 0 Å². The Labute approximate surface area is 109 Å². The van der Waals surface area contributed by atoms with Gasteiger partial charge in [0.1, 0.15) is 0 Å². The number of nitrogens with two attached hydrogens (primary N) is 1. The normalized spacial score (nSPS) is 9.67. The van der Waals surface area contributed by atoms with Crippen molar-refractivity contribution in [1.29, 1.82) is 0 Å². The van der Waals surface area contributed by atoms with Crippen molar-refractivity contribution in [2.24, 2.45) is 5.73 Å². The average molecular weight is 234 g/mol. The lowest BCUT2D eigenvalue weighted by Gasteiger charge is -1.97. The summed E-state index contributed by atoms with van der Waals surface area (Å²) >= 11 is 0. The summed E-state index contributed by atoms with van der Waals surface area (Å²) in [4.78, 5) is 0. The fourth-order valence-corrected chi connectivity index (χ4v) is 1.67. The Kier molecular flexibility index (Phi) is 4.17. The first-order valence-corrected chi connectivity index (χ1v) is 6.13. The fraction of sp³-hybridized carbons (Fsp3) is 0.176. The van der Waals surface area contributed by atoms with Crippen LogP contribution < -0.4 is 5.73 Å². The molecule has 2 N–H and O–H groups in total. The lowest BCUT2D eigenvalue weighted by molar-refractivity contribution is 1.07. The van der Waals surface area contributed by atoms with Crippen LogP contribution in [-0.4, -0.2) is 0 Å². The molecule has 0 aliphatic heterocycles. The molecule has 89 valence electrons. The van der Waals surface area contributed by atoms with E-state index >= 15 is 0 Å². The van der Waals surface area contributed by atoms with Gasteiger partial charge in [0.2, 0.25) is 0 Å². The molecule has 0 spiro atoms. The summed E-state index contributed by atoms with van der Waals surface area (Å²) in [6.45, 7) is 2.70. The second-order valence-electron chi connectivity index (χ2n) is 4.13. The van der Waals surface area contributed by atoms with Gasteiger partial charge in [0, 0.05) is 17.7 Å². The van der Waals surface area contributed by atoms with Gasteiger partial charge in [-0.15, -0.1) is 0 Å². The predicted octanol–water partition coefficient (Wildman–Crippen LogP) is 2.91. The third-order valence-electron chi connectivity index (χ3n) is 2.80. The first-order chi connectivity index (χ1) is 8.81. The van der Waals surface area contributed by atoms with Crippen LogP contribution in [-0.2, 0) is 13.0 Å². The monoisotopic (exact) mass is 234 g/mol. The van der Waals surface area contributed by atoms with Crippen molar-refractivity contribution in [3.63, 3.8) is 0 Å². The maximum absolute atomic E-state index is 5.56. The molecule has 0 atom stereocenters. The zero-order valence-electron chi connectivity index (χ0n) is 10.5. The molecular formula is C17H16N. The largest absolute Gasteiger partial charge is 0.326 e. The zero-order chi connectivity index (χ0) is 12.8. The smallest absolute Gasteiger partial charge is 0.0257 e. The van der Waals surface area contributed by atoms with Gasteiger partial charge in [-0.25, -0.2) is 0 Å². The molecule has 0 aliphatic rings. The van der Waals surface area contributed by atoms with Gasteiger partial charge in [0.15, 0.2) is 0 Å². The van der Waals surface area contributed by atoms with Crippen LogP contribution in [0.2, 0.25) is 0 Å². The van der Waals surface area contributed by atoms with Crippen LogP contribution >= 0.6 is 0 Å². The molecule has 1 nitrogen and oxygen atoms in total. The van der Waals surface area contributed by atoms with Crippen molar-refractivity contribution in [3.8, 4) is 11.8 Å². The Morgan fingerprint density at radius 2 is 1.72 bits per heavy atom. The Hall–Kier alpha value is -2.04. The highest BCUT2D eigenvalue weighted by atomic mass is 14.5. The van der Waals surface area contributed by atoms with Crippen molar-refractivity contribution >= 4 is 0 Å². The van der Waals surface area contributed by atoms with Gasteiger partial charge in [-0.2, -0.15) is 0 Å². The van der Waals surface area contributed by atoms with E-state index in [4.69, 9.17) is 5.73 Å². The molecule has 1 radical (unpaired) electrons. The van der Waals surface area contributed by atoms with Crippen LogP contribution in [0.5, 0.6) is 0 Å². The first-order valence-electron chi connectivity index (χ1n) is 6.13. The number of benzene rings is 2.